The first-order valence-corrected chi connectivity index (χ1v) is 6.77. The molecule has 0 fully saturated rings. The molecule has 0 atom stereocenters. The smallest absolute Gasteiger partial charge is 0.0931 e. The summed E-state index contributed by atoms with van der Waals surface area (Å²) in [5, 5.41) is 3.43. The predicted octanol–water partition coefficient (Wildman–Crippen LogP) is 4.15. The van der Waals surface area contributed by atoms with Crippen LogP contribution in [0.15, 0.2) is 12.1 Å². The molecule has 1 nitrogen and oxygen atoms in total. The lowest BCUT2D eigenvalue weighted by Crippen LogP contribution is -2.29. The number of hydrogen-bond donors (Lipinski definition) is 1. The molecule has 4 heteroatoms. The molecule has 0 saturated carbocycles. The first-order valence-electron chi connectivity index (χ1n) is 5.04. The second-order valence-corrected chi connectivity index (χ2v) is 6.59. The van der Waals surface area contributed by atoms with Gasteiger partial charge in [-0.25, -0.2) is 0 Å². The van der Waals surface area contributed by atoms with Gasteiger partial charge in [0.05, 0.1) is 4.34 Å². The van der Waals surface area contributed by atoms with E-state index in [0.29, 0.717) is 0 Å². The van der Waals surface area contributed by atoms with Crippen molar-refractivity contribution in [3.63, 3.8) is 0 Å². The van der Waals surface area contributed by atoms with Crippen LogP contribution >= 0.6 is 34.5 Å². The highest BCUT2D eigenvalue weighted by Gasteiger charge is 2.16. The zero-order chi connectivity index (χ0) is 11.3. The summed E-state index contributed by atoms with van der Waals surface area (Å²) in [6.45, 7) is 6.33. The average Bonchev–Trinajstić information content (AvgIpc) is 2.51. The normalized spacial score (nSPS) is 12.0. The second-order valence-electron chi connectivity index (χ2n) is 4.41. The summed E-state index contributed by atoms with van der Waals surface area (Å²) in [5.41, 5.74) is 0.267. The van der Waals surface area contributed by atoms with E-state index < -0.39 is 0 Å². The Balaban J connectivity index is 2.27. The molecular weight excluding hydrogens is 249 g/mol. The van der Waals surface area contributed by atoms with Crippen molar-refractivity contribution in [1.29, 1.82) is 0 Å². The molecule has 0 saturated heterocycles. The fourth-order valence-electron chi connectivity index (χ4n) is 1.32. The molecule has 1 aromatic heterocycles. The van der Waals surface area contributed by atoms with E-state index in [0.717, 1.165) is 29.7 Å². The molecule has 0 unspecified atom stereocenters. The van der Waals surface area contributed by atoms with Crippen LogP contribution in [-0.2, 0) is 6.54 Å². The number of alkyl halides is 1. The van der Waals surface area contributed by atoms with E-state index in [2.05, 4.69) is 25.2 Å². The first-order chi connectivity index (χ1) is 7.03. The molecule has 0 spiro atoms. The molecule has 1 N–H and O–H groups in total. The van der Waals surface area contributed by atoms with Gasteiger partial charge in [0.2, 0.25) is 0 Å². The molecule has 0 amide bonds. The van der Waals surface area contributed by atoms with Gasteiger partial charge in [-0.05, 0) is 24.0 Å². The highest BCUT2D eigenvalue weighted by Crippen LogP contribution is 2.22. The minimum Gasteiger partial charge on any atom is -0.311 e. The van der Waals surface area contributed by atoms with Gasteiger partial charge in [-0.2, -0.15) is 0 Å². The molecule has 1 heterocycles. The maximum atomic E-state index is 5.85. The van der Waals surface area contributed by atoms with E-state index in [9.17, 15) is 0 Å². The molecule has 1 aromatic rings. The van der Waals surface area contributed by atoms with Crippen LogP contribution in [0.5, 0.6) is 0 Å². The summed E-state index contributed by atoms with van der Waals surface area (Å²) in [4.78, 5) is 1.28. The standard InChI is InChI=1S/C11H17Cl2NS/c1-11(2,5-6-12)8-14-7-9-3-4-10(13)15-9/h3-4,14H,5-8H2,1-2H3. The highest BCUT2D eigenvalue weighted by atomic mass is 35.5. The van der Waals surface area contributed by atoms with Gasteiger partial charge >= 0.3 is 0 Å². The molecule has 15 heavy (non-hydrogen) atoms. The monoisotopic (exact) mass is 265 g/mol. The Bertz CT molecular complexity index is 297. The SMILES string of the molecule is CC(C)(CCCl)CNCc1ccc(Cl)s1. The second kappa shape index (κ2) is 6.09. The topological polar surface area (TPSA) is 12.0 Å². The Kier molecular flexibility index (Phi) is 5.41. The molecule has 0 aliphatic rings. The van der Waals surface area contributed by atoms with Gasteiger partial charge in [0.15, 0.2) is 0 Å². The van der Waals surface area contributed by atoms with Crippen molar-refractivity contribution in [2.24, 2.45) is 5.41 Å². The largest absolute Gasteiger partial charge is 0.311 e. The fraction of sp³-hybridized carbons (Fsp3) is 0.636. The lowest BCUT2D eigenvalue weighted by atomic mass is 9.90. The zero-order valence-electron chi connectivity index (χ0n) is 9.15. The van der Waals surface area contributed by atoms with E-state index in [-0.39, 0.29) is 5.41 Å². The molecule has 0 aliphatic carbocycles. The van der Waals surface area contributed by atoms with Gasteiger partial charge < -0.3 is 5.32 Å². The van der Waals surface area contributed by atoms with Gasteiger partial charge in [0, 0.05) is 23.8 Å². The van der Waals surface area contributed by atoms with Crippen LogP contribution in [0.2, 0.25) is 4.34 Å². The van der Waals surface area contributed by atoms with Gasteiger partial charge in [-0.15, -0.1) is 22.9 Å². The Labute approximate surface area is 106 Å². The lowest BCUT2D eigenvalue weighted by molar-refractivity contribution is 0.330. The van der Waals surface area contributed by atoms with Crippen LogP contribution in [0.25, 0.3) is 0 Å². The molecular formula is C11H17Cl2NS. The van der Waals surface area contributed by atoms with Crippen LogP contribution < -0.4 is 5.32 Å². The van der Waals surface area contributed by atoms with Crippen molar-refractivity contribution in [1.82, 2.24) is 5.32 Å². The van der Waals surface area contributed by atoms with E-state index in [4.69, 9.17) is 23.2 Å². The Morgan fingerprint density at radius 2 is 2.13 bits per heavy atom. The molecule has 0 radical (unpaired) electrons. The van der Waals surface area contributed by atoms with Crippen LogP contribution in [-0.4, -0.2) is 12.4 Å². The third-order valence-corrected chi connectivity index (χ3v) is 3.72. The molecule has 0 bridgehead atoms. The molecule has 86 valence electrons. The summed E-state index contributed by atoms with van der Waals surface area (Å²) in [5.74, 6) is 0.722. The Morgan fingerprint density at radius 1 is 1.40 bits per heavy atom. The maximum absolute atomic E-state index is 5.85. The van der Waals surface area contributed by atoms with E-state index in [1.165, 1.54) is 4.88 Å². The minimum absolute atomic E-state index is 0.267. The Morgan fingerprint density at radius 3 is 2.67 bits per heavy atom. The minimum atomic E-state index is 0.267. The molecule has 0 aromatic carbocycles. The predicted molar refractivity (Wildman–Crippen MR) is 70.2 cm³/mol. The highest BCUT2D eigenvalue weighted by molar-refractivity contribution is 7.16. The molecule has 0 aliphatic heterocycles. The van der Waals surface area contributed by atoms with Crippen molar-refractivity contribution in [3.05, 3.63) is 21.3 Å². The zero-order valence-corrected chi connectivity index (χ0v) is 11.5. The summed E-state index contributed by atoms with van der Waals surface area (Å²) in [6.07, 6.45) is 1.03. The fourth-order valence-corrected chi connectivity index (χ4v) is 2.88. The lowest BCUT2D eigenvalue weighted by Gasteiger charge is -2.23. The van der Waals surface area contributed by atoms with Crippen LogP contribution in [0.3, 0.4) is 0 Å². The number of rotatable bonds is 6. The average molecular weight is 266 g/mol. The van der Waals surface area contributed by atoms with E-state index in [1.54, 1.807) is 11.3 Å². The van der Waals surface area contributed by atoms with Crippen molar-refractivity contribution in [2.75, 3.05) is 12.4 Å². The summed E-state index contributed by atoms with van der Waals surface area (Å²) >= 11 is 13.2. The van der Waals surface area contributed by atoms with E-state index >= 15 is 0 Å². The number of nitrogens with one attached hydrogen (secondary N) is 1. The number of hydrogen-bond acceptors (Lipinski definition) is 2. The summed E-state index contributed by atoms with van der Waals surface area (Å²) in [6, 6.07) is 4.00. The molecule has 1 rings (SSSR count). The maximum Gasteiger partial charge on any atom is 0.0931 e. The van der Waals surface area contributed by atoms with Gasteiger partial charge in [-0.3, -0.25) is 0 Å². The van der Waals surface area contributed by atoms with Crippen LogP contribution in [0.1, 0.15) is 25.1 Å². The van der Waals surface area contributed by atoms with Crippen molar-refractivity contribution < 1.29 is 0 Å². The van der Waals surface area contributed by atoms with E-state index in [1.807, 2.05) is 6.07 Å². The quantitative estimate of drug-likeness (QED) is 0.763. The van der Waals surface area contributed by atoms with Crippen LogP contribution in [0, 0.1) is 5.41 Å². The third kappa shape index (κ3) is 5.21. The van der Waals surface area contributed by atoms with Crippen LogP contribution in [0.4, 0.5) is 0 Å². The first kappa shape index (κ1) is 13.3. The third-order valence-electron chi connectivity index (χ3n) is 2.30. The van der Waals surface area contributed by atoms with Gasteiger partial charge in [-0.1, -0.05) is 25.4 Å². The van der Waals surface area contributed by atoms with Gasteiger partial charge in [0.1, 0.15) is 0 Å². The number of thiophene rings is 1. The summed E-state index contributed by atoms with van der Waals surface area (Å²) < 4.78 is 0.854. The van der Waals surface area contributed by atoms with Crippen molar-refractivity contribution in [3.8, 4) is 0 Å². The van der Waals surface area contributed by atoms with Crippen molar-refractivity contribution >= 4 is 34.5 Å². The van der Waals surface area contributed by atoms with Crippen molar-refractivity contribution in [2.45, 2.75) is 26.8 Å². The van der Waals surface area contributed by atoms with Gasteiger partial charge in [0.25, 0.3) is 0 Å². The summed E-state index contributed by atoms with van der Waals surface area (Å²) in [7, 11) is 0. The number of halogens is 2. The Hall–Kier alpha value is 0.240.